The number of fused-ring (bicyclic) bond motifs is 1. The van der Waals surface area contributed by atoms with Crippen LogP contribution in [0, 0.1) is 11.8 Å². The maximum absolute atomic E-state index is 13.7. The van der Waals surface area contributed by atoms with Crippen LogP contribution >= 0.6 is 0 Å². The highest BCUT2D eigenvalue weighted by Gasteiger charge is 2.41. The first kappa shape index (κ1) is 30.9. The molecule has 1 aliphatic rings. The van der Waals surface area contributed by atoms with E-state index in [-0.39, 0.29) is 41.0 Å². The Kier molecular flexibility index (Phi) is 8.55. The SMILES string of the molecule is Cn1cc(Cn2c(NCC(O)C#CCO[Si](C)(C)C(C)(C)C)nc3ccc(S(=O)(=O)NC4(C)CC4)cc3c2=O)cn1. The van der Waals surface area contributed by atoms with Gasteiger partial charge in [0.2, 0.25) is 16.0 Å². The highest BCUT2D eigenvalue weighted by atomic mass is 32.2. The number of hydrogen-bond acceptors (Lipinski definition) is 8. The van der Waals surface area contributed by atoms with Crippen LogP contribution in [0.15, 0.2) is 40.3 Å². The second-order valence-corrected chi connectivity index (χ2v) is 19.0. The number of aromatic nitrogens is 4. The Labute approximate surface area is 242 Å². The molecule has 1 fully saturated rings. The third kappa shape index (κ3) is 7.44. The van der Waals surface area contributed by atoms with E-state index in [1.165, 1.54) is 22.8 Å². The number of sulfonamides is 1. The molecular formula is C28H40N6O5SSi. The monoisotopic (exact) mass is 600 g/mol. The maximum Gasteiger partial charge on any atom is 0.263 e. The van der Waals surface area contributed by atoms with Gasteiger partial charge >= 0.3 is 0 Å². The van der Waals surface area contributed by atoms with E-state index >= 15 is 0 Å². The molecule has 0 radical (unpaired) electrons. The zero-order chi connectivity index (χ0) is 30.2. The van der Waals surface area contributed by atoms with Crippen LogP contribution in [0.25, 0.3) is 10.9 Å². The Bertz CT molecular complexity index is 1660. The van der Waals surface area contributed by atoms with E-state index in [0.717, 1.165) is 18.4 Å². The topological polar surface area (TPSA) is 140 Å². The average molecular weight is 601 g/mol. The summed E-state index contributed by atoms with van der Waals surface area (Å²) in [5, 5.41) is 18.0. The van der Waals surface area contributed by atoms with Crippen molar-refractivity contribution in [1.29, 1.82) is 0 Å². The van der Waals surface area contributed by atoms with Gasteiger partial charge < -0.3 is 14.8 Å². The summed E-state index contributed by atoms with van der Waals surface area (Å²) >= 11 is 0. The van der Waals surface area contributed by atoms with Crippen molar-refractivity contribution in [2.75, 3.05) is 18.5 Å². The molecule has 0 saturated heterocycles. The molecule has 2 heterocycles. The number of benzene rings is 1. The lowest BCUT2D eigenvalue weighted by molar-refractivity contribution is 0.244. The molecular weight excluding hydrogens is 560 g/mol. The van der Waals surface area contributed by atoms with Crippen LogP contribution < -0.4 is 15.6 Å². The molecule has 1 unspecified atom stereocenters. The lowest BCUT2D eigenvalue weighted by atomic mass is 10.2. The van der Waals surface area contributed by atoms with Crippen molar-refractivity contribution >= 4 is 35.2 Å². The van der Waals surface area contributed by atoms with Crippen molar-refractivity contribution in [2.45, 2.75) is 81.8 Å². The number of aliphatic hydroxyl groups excluding tert-OH is 1. The quantitative estimate of drug-likeness (QED) is 0.238. The smallest absolute Gasteiger partial charge is 0.263 e. The Morgan fingerprint density at radius 1 is 1.27 bits per heavy atom. The van der Waals surface area contributed by atoms with Crippen LogP contribution in [0.3, 0.4) is 0 Å². The highest BCUT2D eigenvalue weighted by Crippen LogP contribution is 2.37. The fourth-order valence-electron chi connectivity index (χ4n) is 3.89. The summed E-state index contributed by atoms with van der Waals surface area (Å²) in [4.78, 5) is 18.3. The van der Waals surface area contributed by atoms with Gasteiger partial charge in [0.15, 0.2) is 8.32 Å². The zero-order valence-electron chi connectivity index (χ0n) is 24.8. The second-order valence-electron chi connectivity index (χ2n) is 12.5. The molecule has 1 saturated carbocycles. The van der Waals surface area contributed by atoms with Gasteiger partial charge in [0.05, 0.1) is 41.7 Å². The van der Waals surface area contributed by atoms with Crippen LogP contribution in [0.1, 0.15) is 46.1 Å². The molecule has 11 nitrogen and oxygen atoms in total. The summed E-state index contributed by atoms with van der Waals surface area (Å²) < 4.78 is 37.7. The van der Waals surface area contributed by atoms with E-state index in [4.69, 9.17) is 4.43 Å². The lowest BCUT2D eigenvalue weighted by Gasteiger charge is -2.35. The number of hydrogen-bond donors (Lipinski definition) is 3. The number of aryl methyl sites for hydroxylation is 1. The van der Waals surface area contributed by atoms with Crippen LogP contribution in [-0.2, 0) is 28.0 Å². The van der Waals surface area contributed by atoms with Gasteiger partial charge in [-0.05, 0) is 56.1 Å². The van der Waals surface area contributed by atoms with Gasteiger partial charge in [-0.15, -0.1) is 0 Å². The second kappa shape index (κ2) is 11.3. The highest BCUT2D eigenvalue weighted by molar-refractivity contribution is 7.89. The third-order valence-corrected chi connectivity index (χ3v) is 13.9. The van der Waals surface area contributed by atoms with Crippen molar-refractivity contribution in [3.8, 4) is 11.8 Å². The molecule has 0 spiro atoms. The minimum Gasteiger partial charge on any atom is -0.406 e. The molecule has 13 heteroatoms. The zero-order valence-corrected chi connectivity index (χ0v) is 26.6. The fraction of sp³-hybridized carbons (Fsp3) is 0.536. The molecule has 0 aliphatic heterocycles. The predicted molar refractivity (Wildman–Crippen MR) is 162 cm³/mol. The number of rotatable bonds is 10. The van der Waals surface area contributed by atoms with Crippen LogP contribution in [0.4, 0.5) is 5.95 Å². The molecule has 1 aliphatic carbocycles. The fourth-order valence-corrected chi connectivity index (χ4v) is 6.25. The Morgan fingerprint density at radius 2 is 1.98 bits per heavy atom. The van der Waals surface area contributed by atoms with Crippen LogP contribution in [0.5, 0.6) is 0 Å². The summed E-state index contributed by atoms with van der Waals surface area (Å²) in [6.07, 6.45) is 3.94. The third-order valence-electron chi connectivity index (χ3n) is 7.75. The molecule has 222 valence electrons. The Morgan fingerprint density at radius 3 is 2.59 bits per heavy atom. The van der Waals surface area contributed by atoms with Crippen molar-refractivity contribution in [2.24, 2.45) is 7.05 Å². The van der Waals surface area contributed by atoms with Gasteiger partial charge in [-0.2, -0.15) is 5.10 Å². The first-order valence-corrected chi connectivity index (χ1v) is 18.0. The van der Waals surface area contributed by atoms with E-state index in [1.54, 1.807) is 24.1 Å². The van der Waals surface area contributed by atoms with E-state index in [2.05, 4.69) is 65.8 Å². The van der Waals surface area contributed by atoms with E-state index in [9.17, 15) is 18.3 Å². The molecule has 4 rings (SSSR count). The summed E-state index contributed by atoms with van der Waals surface area (Å²) in [7, 11) is -3.97. The number of aliphatic hydroxyl groups is 1. The summed E-state index contributed by atoms with van der Waals surface area (Å²) in [6.45, 7) is 13.0. The lowest BCUT2D eigenvalue weighted by Crippen LogP contribution is -2.40. The molecule has 3 N–H and O–H groups in total. The Balaban J connectivity index is 1.59. The van der Waals surface area contributed by atoms with Gasteiger partial charge in [0.25, 0.3) is 5.56 Å². The molecule has 3 aromatic rings. The van der Waals surface area contributed by atoms with Crippen molar-refractivity contribution in [3.63, 3.8) is 0 Å². The molecule has 2 aromatic heterocycles. The van der Waals surface area contributed by atoms with Crippen molar-refractivity contribution in [3.05, 3.63) is 46.5 Å². The first-order chi connectivity index (χ1) is 19.0. The normalized spacial score (nSPS) is 15.8. The van der Waals surface area contributed by atoms with E-state index < -0.39 is 35.5 Å². The molecule has 41 heavy (non-hydrogen) atoms. The standard InChI is InChI=1S/C28H40N6O5SSi/c1-27(2,3)41(6,7)39-14-8-9-21(35)17-29-26-31-24-11-10-22(40(37,38)32-28(4)12-13-28)15-23(24)25(36)34(26)19-20-16-30-33(5)18-20/h10-11,15-16,18,21,32,35H,12-14,17,19H2,1-7H3,(H,29,31). The average Bonchev–Trinajstić information content (AvgIpc) is 3.44. The largest absolute Gasteiger partial charge is 0.406 e. The summed E-state index contributed by atoms with van der Waals surface area (Å²) in [5.41, 5.74) is 0.231. The minimum absolute atomic E-state index is 0.0104. The number of nitrogens with one attached hydrogen (secondary N) is 2. The summed E-state index contributed by atoms with van der Waals surface area (Å²) in [5.74, 6) is 5.91. The maximum atomic E-state index is 13.7. The minimum atomic E-state index is -3.80. The van der Waals surface area contributed by atoms with Crippen molar-refractivity contribution < 1.29 is 18.0 Å². The molecule has 0 amide bonds. The first-order valence-electron chi connectivity index (χ1n) is 13.6. The molecule has 1 atom stereocenters. The van der Waals surface area contributed by atoms with Crippen LogP contribution in [0.2, 0.25) is 18.1 Å². The summed E-state index contributed by atoms with van der Waals surface area (Å²) in [6, 6.07) is 4.33. The predicted octanol–water partition coefficient (Wildman–Crippen LogP) is 2.81. The number of anilines is 1. The van der Waals surface area contributed by atoms with E-state index in [0.29, 0.717) is 5.52 Å². The van der Waals surface area contributed by atoms with Gasteiger partial charge in [0, 0.05) is 24.3 Å². The molecule has 1 aromatic carbocycles. The van der Waals surface area contributed by atoms with Gasteiger partial charge in [0.1, 0.15) is 6.10 Å². The van der Waals surface area contributed by atoms with Crippen molar-refractivity contribution in [1.82, 2.24) is 24.1 Å². The van der Waals surface area contributed by atoms with Gasteiger partial charge in [-0.1, -0.05) is 32.6 Å². The Hall–Kier alpha value is -3.02. The number of nitrogens with zero attached hydrogens (tertiary/aromatic N) is 4. The van der Waals surface area contributed by atoms with Gasteiger partial charge in [-0.25, -0.2) is 18.1 Å². The molecule has 0 bridgehead atoms. The van der Waals surface area contributed by atoms with E-state index in [1.807, 2.05) is 6.92 Å². The van der Waals surface area contributed by atoms with Gasteiger partial charge in [-0.3, -0.25) is 14.0 Å². The van der Waals surface area contributed by atoms with Crippen LogP contribution in [-0.4, -0.2) is 66.0 Å².